The molecule has 0 aromatic carbocycles. The van der Waals surface area contributed by atoms with Crippen molar-refractivity contribution in [1.29, 1.82) is 5.26 Å². The number of likely N-dealkylation sites (N-methyl/N-ethyl adjacent to an activating group) is 1. The number of nitrogens with zero attached hydrogens (tertiary/aromatic N) is 3. The van der Waals surface area contributed by atoms with E-state index in [-0.39, 0.29) is 12.6 Å². The monoisotopic (exact) mass is 247 g/mol. The van der Waals surface area contributed by atoms with Crippen molar-refractivity contribution in [2.45, 2.75) is 6.04 Å². The van der Waals surface area contributed by atoms with Gasteiger partial charge in [0.2, 0.25) is 0 Å². The number of pyridine rings is 1. The van der Waals surface area contributed by atoms with E-state index in [0.29, 0.717) is 18.0 Å². The van der Waals surface area contributed by atoms with Crippen LogP contribution < -0.4 is 4.90 Å². The average Bonchev–Trinajstić information content (AvgIpc) is 2.87. The first-order chi connectivity index (χ1) is 8.65. The summed E-state index contributed by atoms with van der Waals surface area (Å²) in [6, 6.07) is 5.08. The first kappa shape index (κ1) is 12.3. The van der Waals surface area contributed by atoms with Gasteiger partial charge in [-0.2, -0.15) is 5.26 Å². The molecule has 6 nitrogen and oxygen atoms in total. The van der Waals surface area contributed by atoms with Crippen LogP contribution in [0.15, 0.2) is 18.3 Å². The fraction of sp³-hybridized carbons (Fsp3) is 0.417. The molecule has 0 aliphatic carbocycles. The molecule has 2 heterocycles. The van der Waals surface area contributed by atoms with Gasteiger partial charge in [-0.25, -0.2) is 4.98 Å². The normalized spacial score (nSPS) is 22.4. The Morgan fingerprint density at radius 3 is 3.11 bits per heavy atom. The summed E-state index contributed by atoms with van der Waals surface area (Å²) in [6.07, 6.45) is 1.58. The Hall–Kier alpha value is -2.13. The summed E-state index contributed by atoms with van der Waals surface area (Å²) in [5.74, 6) is -0.996. The minimum atomic E-state index is -0.890. The number of hydrogen-bond acceptors (Lipinski definition) is 5. The van der Waals surface area contributed by atoms with E-state index in [1.54, 1.807) is 30.3 Å². The maximum absolute atomic E-state index is 11.1. The number of aliphatic carboxylic acids is 1. The van der Waals surface area contributed by atoms with Crippen molar-refractivity contribution in [3.8, 4) is 6.07 Å². The van der Waals surface area contributed by atoms with Crippen molar-refractivity contribution in [3.05, 3.63) is 23.9 Å². The van der Waals surface area contributed by atoms with Crippen LogP contribution in [-0.4, -0.2) is 42.4 Å². The van der Waals surface area contributed by atoms with Gasteiger partial charge in [-0.3, -0.25) is 4.79 Å². The highest BCUT2D eigenvalue weighted by atomic mass is 16.5. The van der Waals surface area contributed by atoms with E-state index in [4.69, 9.17) is 15.1 Å². The van der Waals surface area contributed by atoms with Gasteiger partial charge in [0.1, 0.15) is 17.8 Å². The largest absolute Gasteiger partial charge is 0.481 e. The van der Waals surface area contributed by atoms with Crippen LogP contribution in [0.3, 0.4) is 0 Å². The lowest BCUT2D eigenvalue weighted by Gasteiger charge is -2.27. The summed E-state index contributed by atoms with van der Waals surface area (Å²) in [6.45, 7) is 0.522. The molecule has 0 spiro atoms. The fourth-order valence-electron chi connectivity index (χ4n) is 2.08. The SMILES string of the molecule is CN(c1ncccc1C#N)C1COCC1C(=O)O. The number of hydrogen-bond donors (Lipinski definition) is 1. The van der Waals surface area contributed by atoms with Crippen LogP contribution in [-0.2, 0) is 9.53 Å². The quantitative estimate of drug-likeness (QED) is 0.836. The molecule has 0 saturated carbocycles. The highest BCUT2D eigenvalue weighted by molar-refractivity contribution is 5.72. The standard InChI is InChI=1S/C12H13N3O3/c1-15(10-7-18-6-9(10)12(16)17)11-8(5-13)3-2-4-14-11/h2-4,9-10H,6-7H2,1H3,(H,16,17). The second kappa shape index (κ2) is 5.02. The molecular formula is C12H13N3O3. The van der Waals surface area contributed by atoms with E-state index < -0.39 is 11.9 Å². The molecule has 1 aromatic rings. The van der Waals surface area contributed by atoms with Gasteiger partial charge >= 0.3 is 5.97 Å². The van der Waals surface area contributed by atoms with Gasteiger partial charge in [-0.15, -0.1) is 0 Å². The number of carbonyl (C=O) groups is 1. The van der Waals surface area contributed by atoms with E-state index in [1.807, 2.05) is 0 Å². The van der Waals surface area contributed by atoms with E-state index in [9.17, 15) is 4.79 Å². The first-order valence-corrected chi connectivity index (χ1v) is 5.53. The Morgan fingerprint density at radius 2 is 2.44 bits per heavy atom. The second-order valence-electron chi connectivity index (χ2n) is 4.15. The predicted octanol–water partition coefficient (Wildman–Crippen LogP) is 0.489. The topological polar surface area (TPSA) is 86.5 Å². The molecule has 1 aliphatic rings. The minimum Gasteiger partial charge on any atom is -0.481 e. The summed E-state index contributed by atoms with van der Waals surface area (Å²) in [4.78, 5) is 17.0. The molecule has 0 amide bonds. The number of ether oxygens (including phenoxy) is 1. The number of aromatic nitrogens is 1. The molecule has 1 fully saturated rings. The number of anilines is 1. The first-order valence-electron chi connectivity index (χ1n) is 5.53. The van der Waals surface area contributed by atoms with Crippen LogP contribution in [0.1, 0.15) is 5.56 Å². The number of rotatable bonds is 3. The molecule has 1 saturated heterocycles. The molecule has 0 bridgehead atoms. The third kappa shape index (κ3) is 2.13. The number of carboxylic acid groups (broad SMARTS) is 1. The average molecular weight is 247 g/mol. The molecule has 1 aliphatic heterocycles. The Morgan fingerprint density at radius 1 is 1.67 bits per heavy atom. The Kier molecular flexibility index (Phi) is 3.44. The van der Waals surface area contributed by atoms with E-state index >= 15 is 0 Å². The van der Waals surface area contributed by atoms with Gasteiger partial charge < -0.3 is 14.7 Å². The molecule has 0 radical (unpaired) electrons. The zero-order valence-corrected chi connectivity index (χ0v) is 9.91. The molecule has 2 unspecified atom stereocenters. The zero-order valence-electron chi connectivity index (χ0n) is 9.91. The molecular weight excluding hydrogens is 234 g/mol. The van der Waals surface area contributed by atoms with Crippen molar-refractivity contribution >= 4 is 11.8 Å². The second-order valence-corrected chi connectivity index (χ2v) is 4.15. The van der Waals surface area contributed by atoms with Gasteiger partial charge in [0.05, 0.1) is 24.8 Å². The highest BCUT2D eigenvalue weighted by Gasteiger charge is 2.37. The molecule has 94 valence electrons. The van der Waals surface area contributed by atoms with Gasteiger partial charge in [-0.1, -0.05) is 0 Å². The lowest BCUT2D eigenvalue weighted by molar-refractivity contribution is -0.141. The maximum atomic E-state index is 11.1. The maximum Gasteiger partial charge on any atom is 0.311 e. The van der Waals surface area contributed by atoms with E-state index in [1.165, 1.54) is 0 Å². The third-order valence-electron chi connectivity index (χ3n) is 3.11. The molecule has 18 heavy (non-hydrogen) atoms. The Labute approximate surface area is 104 Å². The molecule has 2 atom stereocenters. The van der Waals surface area contributed by atoms with Crippen molar-refractivity contribution in [3.63, 3.8) is 0 Å². The lowest BCUT2D eigenvalue weighted by atomic mass is 10.0. The van der Waals surface area contributed by atoms with Crippen molar-refractivity contribution in [2.24, 2.45) is 5.92 Å². The van der Waals surface area contributed by atoms with Crippen LogP contribution in [0.4, 0.5) is 5.82 Å². The smallest absolute Gasteiger partial charge is 0.311 e. The predicted molar refractivity (Wildman–Crippen MR) is 63.1 cm³/mol. The fourth-order valence-corrected chi connectivity index (χ4v) is 2.08. The number of nitriles is 1. The van der Waals surface area contributed by atoms with Crippen LogP contribution in [0.25, 0.3) is 0 Å². The minimum absolute atomic E-state index is 0.194. The van der Waals surface area contributed by atoms with Crippen LogP contribution in [0.5, 0.6) is 0 Å². The van der Waals surface area contributed by atoms with Crippen LogP contribution in [0.2, 0.25) is 0 Å². The van der Waals surface area contributed by atoms with Gasteiger partial charge in [0.25, 0.3) is 0 Å². The van der Waals surface area contributed by atoms with Crippen LogP contribution in [0, 0.1) is 17.2 Å². The molecule has 1 aromatic heterocycles. The van der Waals surface area contributed by atoms with Gasteiger partial charge in [-0.05, 0) is 12.1 Å². The molecule has 1 N–H and O–H groups in total. The van der Waals surface area contributed by atoms with Crippen LogP contribution >= 0.6 is 0 Å². The number of carboxylic acids is 1. The van der Waals surface area contributed by atoms with Gasteiger partial charge in [0.15, 0.2) is 0 Å². The summed E-state index contributed by atoms with van der Waals surface area (Å²) in [7, 11) is 1.73. The summed E-state index contributed by atoms with van der Waals surface area (Å²) >= 11 is 0. The molecule has 2 rings (SSSR count). The summed E-state index contributed by atoms with van der Waals surface area (Å²) in [5, 5.41) is 18.1. The highest BCUT2D eigenvalue weighted by Crippen LogP contribution is 2.25. The Balaban J connectivity index is 2.28. The zero-order chi connectivity index (χ0) is 13.1. The summed E-state index contributed by atoms with van der Waals surface area (Å²) in [5.41, 5.74) is 0.427. The van der Waals surface area contributed by atoms with Gasteiger partial charge in [0, 0.05) is 13.2 Å². The summed E-state index contributed by atoms with van der Waals surface area (Å²) < 4.78 is 5.21. The van der Waals surface area contributed by atoms with E-state index in [0.717, 1.165) is 0 Å². The molecule has 6 heteroatoms. The third-order valence-corrected chi connectivity index (χ3v) is 3.11. The lowest BCUT2D eigenvalue weighted by Crippen LogP contribution is -2.41. The van der Waals surface area contributed by atoms with Crippen molar-refractivity contribution in [1.82, 2.24) is 4.98 Å². The van der Waals surface area contributed by atoms with Crippen molar-refractivity contribution < 1.29 is 14.6 Å². The van der Waals surface area contributed by atoms with E-state index in [2.05, 4.69) is 11.1 Å². The Bertz CT molecular complexity index is 498. The van der Waals surface area contributed by atoms with Crippen molar-refractivity contribution in [2.75, 3.05) is 25.2 Å².